The summed E-state index contributed by atoms with van der Waals surface area (Å²) < 4.78 is 0.897. The molecule has 1 aromatic carbocycles. The molecule has 0 bridgehead atoms. The summed E-state index contributed by atoms with van der Waals surface area (Å²) in [6, 6.07) is 5.04. The van der Waals surface area contributed by atoms with E-state index in [1.54, 1.807) is 18.2 Å². The van der Waals surface area contributed by atoms with Gasteiger partial charge in [0.1, 0.15) is 5.75 Å². The van der Waals surface area contributed by atoms with Crippen LogP contribution in [0.5, 0.6) is 5.75 Å². The van der Waals surface area contributed by atoms with Gasteiger partial charge in [-0.2, -0.15) is 0 Å². The Balaban J connectivity index is 2.52. The van der Waals surface area contributed by atoms with E-state index in [2.05, 4.69) is 21.2 Å². The number of rotatable bonds is 7. The van der Waals surface area contributed by atoms with Gasteiger partial charge in [-0.15, -0.1) is 0 Å². The molecule has 5 heteroatoms. The maximum Gasteiger partial charge on any atom is 0.307 e. The number of phenolic OH excluding ortho intramolecular Hbond substituents is 1. The van der Waals surface area contributed by atoms with E-state index in [9.17, 15) is 9.90 Å². The van der Waals surface area contributed by atoms with Crippen LogP contribution >= 0.6 is 15.9 Å². The molecular formula is C14H20BrNO3. The maximum absolute atomic E-state index is 11.1. The fraction of sp³-hybridized carbons (Fsp3) is 0.500. The van der Waals surface area contributed by atoms with Crippen LogP contribution in [-0.4, -0.2) is 22.7 Å². The van der Waals surface area contributed by atoms with Crippen molar-refractivity contribution in [3.05, 3.63) is 28.2 Å². The Morgan fingerprint density at radius 1 is 1.42 bits per heavy atom. The van der Waals surface area contributed by atoms with Gasteiger partial charge in [0.2, 0.25) is 0 Å². The first kappa shape index (κ1) is 16.0. The Morgan fingerprint density at radius 3 is 2.68 bits per heavy atom. The third-order valence-corrected chi connectivity index (χ3v) is 3.61. The van der Waals surface area contributed by atoms with E-state index < -0.39 is 5.97 Å². The van der Waals surface area contributed by atoms with E-state index >= 15 is 0 Å². The number of hydrogen-bond donors (Lipinski definition) is 3. The van der Waals surface area contributed by atoms with Crippen LogP contribution in [0.3, 0.4) is 0 Å². The number of aromatic hydroxyl groups is 1. The van der Waals surface area contributed by atoms with Gasteiger partial charge in [0.05, 0.1) is 5.92 Å². The fourth-order valence-electron chi connectivity index (χ4n) is 1.92. The average Bonchev–Trinajstić information content (AvgIpc) is 2.31. The molecule has 0 amide bonds. The van der Waals surface area contributed by atoms with Gasteiger partial charge in [0.15, 0.2) is 0 Å². The standard InChI is InChI=1S/C14H20BrNO3/c1-9(2)5-11(14(18)19)8-16-7-10-6-12(17)3-4-13(10)15/h3-4,6,9,11,16-17H,5,7-8H2,1-2H3,(H,18,19). The zero-order valence-electron chi connectivity index (χ0n) is 11.2. The Labute approximate surface area is 122 Å². The molecule has 0 aliphatic rings. The Morgan fingerprint density at radius 2 is 2.11 bits per heavy atom. The van der Waals surface area contributed by atoms with E-state index in [-0.39, 0.29) is 11.7 Å². The largest absolute Gasteiger partial charge is 0.508 e. The lowest BCUT2D eigenvalue weighted by Gasteiger charge is -2.15. The van der Waals surface area contributed by atoms with Gasteiger partial charge in [-0.05, 0) is 36.1 Å². The van der Waals surface area contributed by atoms with Gasteiger partial charge in [0, 0.05) is 17.6 Å². The predicted octanol–water partition coefficient (Wildman–Crippen LogP) is 2.99. The third kappa shape index (κ3) is 5.61. The summed E-state index contributed by atoms with van der Waals surface area (Å²) >= 11 is 3.40. The molecule has 1 aromatic rings. The van der Waals surface area contributed by atoms with E-state index in [4.69, 9.17) is 5.11 Å². The number of phenols is 1. The average molecular weight is 330 g/mol. The van der Waals surface area contributed by atoms with Crippen LogP contribution in [0.25, 0.3) is 0 Å². The summed E-state index contributed by atoms with van der Waals surface area (Å²) in [5.74, 6) is -0.584. The fourth-order valence-corrected chi connectivity index (χ4v) is 2.30. The van der Waals surface area contributed by atoms with E-state index in [0.29, 0.717) is 25.4 Å². The monoisotopic (exact) mass is 329 g/mol. The molecule has 0 aromatic heterocycles. The summed E-state index contributed by atoms with van der Waals surface area (Å²) in [5, 5.41) is 21.7. The summed E-state index contributed by atoms with van der Waals surface area (Å²) in [6.45, 7) is 4.98. The molecule has 0 aliphatic carbocycles. The van der Waals surface area contributed by atoms with Crippen molar-refractivity contribution in [3.8, 4) is 5.75 Å². The van der Waals surface area contributed by atoms with Crippen molar-refractivity contribution in [1.29, 1.82) is 0 Å². The van der Waals surface area contributed by atoms with Crippen molar-refractivity contribution >= 4 is 21.9 Å². The molecule has 0 spiro atoms. The summed E-state index contributed by atoms with van der Waals surface area (Å²) in [6.07, 6.45) is 0.656. The summed E-state index contributed by atoms with van der Waals surface area (Å²) in [7, 11) is 0. The SMILES string of the molecule is CC(C)CC(CNCc1cc(O)ccc1Br)C(=O)O. The number of halogens is 1. The lowest BCUT2D eigenvalue weighted by atomic mass is 9.97. The Bertz CT molecular complexity index is 435. The zero-order chi connectivity index (χ0) is 14.4. The molecule has 0 aliphatic heterocycles. The second-order valence-electron chi connectivity index (χ2n) is 5.07. The first-order chi connectivity index (χ1) is 8.90. The Kier molecular flexibility index (Phi) is 6.31. The summed E-state index contributed by atoms with van der Waals surface area (Å²) in [5.41, 5.74) is 0.911. The van der Waals surface area contributed by atoms with E-state index in [1.165, 1.54) is 0 Å². The van der Waals surface area contributed by atoms with Crippen LogP contribution in [0, 0.1) is 11.8 Å². The highest BCUT2D eigenvalue weighted by atomic mass is 79.9. The van der Waals surface area contributed by atoms with Crippen LogP contribution in [0.1, 0.15) is 25.8 Å². The quantitative estimate of drug-likeness (QED) is 0.719. The van der Waals surface area contributed by atoms with Gasteiger partial charge in [-0.3, -0.25) is 4.79 Å². The lowest BCUT2D eigenvalue weighted by Crippen LogP contribution is -2.29. The van der Waals surface area contributed by atoms with Crippen LogP contribution in [0.2, 0.25) is 0 Å². The molecule has 0 saturated carbocycles. The maximum atomic E-state index is 11.1. The molecule has 19 heavy (non-hydrogen) atoms. The minimum Gasteiger partial charge on any atom is -0.508 e. The smallest absolute Gasteiger partial charge is 0.307 e. The number of benzene rings is 1. The van der Waals surface area contributed by atoms with Gasteiger partial charge in [-0.25, -0.2) is 0 Å². The molecule has 0 fully saturated rings. The minimum absolute atomic E-state index is 0.206. The molecule has 0 saturated heterocycles. The molecule has 1 rings (SSSR count). The third-order valence-electron chi connectivity index (χ3n) is 2.84. The van der Waals surface area contributed by atoms with Crippen molar-refractivity contribution in [1.82, 2.24) is 5.32 Å². The minimum atomic E-state index is -0.767. The molecule has 0 radical (unpaired) electrons. The molecular weight excluding hydrogens is 310 g/mol. The van der Waals surface area contributed by atoms with Crippen molar-refractivity contribution < 1.29 is 15.0 Å². The molecule has 1 atom stereocenters. The highest BCUT2D eigenvalue weighted by Crippen LogP contribution is 2.21. The van der Waals surface area contributed by atoms with E-state index in [1.807, 2.05) is 13.8 Å². The second kappa shape index (κ2) is 7.50. The highest BCUT2D eigenvalue weighted by Gasteiger charge is 2.18. The van der Waals surface area contributed by atoms with Crippen LogP contribution in [-0.2, 0) is 11.3 Å². The van der Waals surface area contributed by atoms with Crippen molar-refractivity contribution in [2.75, 3.05) is 6.54 Å². The lowest BCUT2D eigenvalue weighted by molar-refractivity contribution is -0.142. The summed E-state index contributed by atoms with van der Waals surface area (Å²) in [4.78, 5) is 11.1. The number of aliphatic carboxylic acids is 1. The second-order valence-corrected chi connectivity index (χ2v) is 5.93. The van der Waals surface area contributed by atoms with Crippen LogP contribution in [0.15, 0.2) is 22.7 Å². The number of nitrogens with one attached hydrogen (secondary N) is 1. The zero-order valence-corrected chi connectivity index (χ0v) is 12.8. The Hall–Kier alpha value is -1.07. The van der Waals surface area contributed by atoms with Crippen molar-refractivity contribution in [2.45, 2.75) is 26.8 Å². The van der Waals surface area contributed by atoms with Gasteiger partial charge in [0.25, 0.3) is 0 Å². The number of carbonyl (C=O) groups is 1. The van der Waals surface area contributed by atoms with Crippen LogP contribution < -0.4 is 5.32 Å². The number of carboxylic acids is 1. The number of carboxylic acid groups (broad SMARTS) is 1. The molecule has 3 N–H and O–H groups in total. The van der Waals surface area contributed by atoms with Gasteiger partial charge in [-0.1, -0.05) is 29.8 Å². The molecule has 4 nitrogen and oxygen atoms in total. The van der Waals surface area contributed by atoms with Gasteiger partial charge < -0.3 is 15.5 Å². The first-order valence-electron chi connectivity index (χ1n) is 6.31. The predicted molar refractivity (Wildman–Crippen MR) is 78.1 cm³/mol. The number of hydrogen-bond acceptors (Lipinski definition) is 3. The topological polar surface area (TPSA) is 69.6 Å². The normalized spacial score (nSPS) is 12.6. The molecule has 106 valence electrons. The highest BCUT2D eigenvalue weighted by molar-refractivity contribution is 9.10. The first-order valence-corrected chi connectivity index (χ1v) is 7.10. The van der Waals surface area contributed by atoms with Crippen molar-refractivity contribution in [2.24, 2.45) is 11.8 Å². The van der Waals surface area contributed by atoms with Crippen molar-refractivity contribution in [3.63, 3.8) is 0 Å². The molecule has 0 heterocycles. The van der Waals surface area contributed by atoms with Crippen LogP contribution in [0.4, 0.5) is 0 Å². The van der Waals surface area contributed by atoms with E-state index in [0.717, 1.165) is 10.0 Å². The molecule has 1 unspecified atom stereocenters. The van der Waals surface area contributed by atoms with Gasteiger partial charge >= 0.3 is 5.97 Å².